The lowest BCUT2D eigenvalue weighted by Crippen LogP contribution is -2.38. The minimum Gasteiger partial charge on any atom is -0.444 e. The molecule has 0 heterocycles. The predicted octanol–water partition coefficient (Wildman–Crippen LogP) is 3.83. The Morgan fingerprint density at radius 2 is 1.67 bits per heavy atom. The Bertz CT molecular complexity index is 444. The van der Waals surface area contributed by atoms with Crippen molar-refractivity contribution in [3.8, 4) is 0 Å². The largest absolute Gasteiger partial charge is 0.444 e. The third-order valence-corrected chi connectivity index (χ3v) is 2.97. The van der Waals surface area contributed by atoms with E-state index < -0.39 is 5.60 Å². The molecular weight excluding hydrogens is 262 g/mol. The Labute approximate surface area is 128 Å². The number of benzene rings is 1. The lowest BCUT2D eigenvalue weighted by Gasteiger charge is -2.29. The number of amides is 1. The fourth-order valence-corrected chi connectivity index (χ4v) is 2.05. The summed E-state index contributed by atoms with van der Waals surface area (Å²) in [4.78, 5) is 14.1. The molecule has 1 aliphatic rings. The molecule has 1 aromatic carbocycles. The normalized spacial score (nSPS) is 16.0. The summed E-state index contributed by atoms with van der Waals surface area (Å²) >= 11 is 0. The van der Waals surface area contributed by atoms with Gasteiger partial charge in [0.2, 0.25) is 0 Å². The quantitative estimate of drug-likeness (QED) is 0.841. The summed E-state index contributed by atoms with van der Waals surface area (Å²) in [5, 5.41) is 0. The molecule has 0 saturated heterocycles. The van der Waals surface area contributed by atoms with Gasteiger partial charge in [-0.3, -0.25) is 0 Å². The van der Waals surface area contributed by atoms with Crippen LogP contribution in [0.5, 0.6) is 0 Å². The average Bonchev–Trinajstić information content (AvgIpc) is 2.90. The van der Waals surface area contributed by atoms with Crippen LogP contribution in [0.25, 0.3) is 0 Å². The number of nitrogens with zero attached hydrogens (tertiary/aromatic N) is 1. The maximum absolute atomic E-state index is 12.4. The molecule has 0 unspecified atom stereocenters. The summed E-state index contributed by atoms with van der Waals surface area (Å²) in [6.45, 7) is 6.74. The monoisotopic (exact) mass is 284 g/mol. The zero-order valence-corrected chi connectivity index (χ0v) is 12.9. The molecule has 3 heteroatoms. The van der Waals surface area contributed by atoms with Gasteiger partial charge in [0.15, 0.2) is 0 Å². The minimum atomic E-state index is -0.488. The van der Waals surface area contributed by atoms with Crippen molar-refractivity contribution in [2.45, 2.75) is 32.9 Å². The number of ether oxygens (including phenoxy) is 1. The molecule has 0 bridgehead atoms. The van der Waals surface area contributed by atoms with Crippen LogP contribution in [-0.4, -0.2) is 23.1 Å². The van der Waals surface area contributed by atoms with Crippen molar-refractivity contribution in [1.29, 1.82) is 0 Å². The number of hydrogen-bond acceptors (Lipinski definition) is 2. The highest BCUT2D eigenvalue weighted by Crippen LogP contribution is 2.25. The van der Waals surface area contributed by atoms with Crippen molar-refractivity contribution in [2.75, 3.05) is 6.54 Å². The molecule has 2 rings (SSSR count). The van der Waals surface area contributed by atoms with Gasteiger partial charge in [0, 0.05) is 19.0 Å². The second kappa shape index (κ2) is 6.97. The number of rotatable bonds is 4. The van der Waals surface area contributed by atoms with Crippen molar-refractivity contribution < 1.29 is 9.53 Å². The molecule has 1 fully saturated rings. The molecule has 1 saturated carbocycles. The van der Waals surface area contributed by atoms with Gasteiger partial charge in [-0.15, -0.1) is 0 Å². The maximum atomic E-state index is 12.4. The van der Waals surface area contributed by atoms with E-state index in [0.29, 0.717) is 13.1 Å². The Morgan fingerprint density at radius 3 is 2.24 bits per heavy atom. The van der Waals surface area contributed by atoms with Crippen LogP contribution in [0.1, 0.15) is 26.3 Å². The second-order valence-electron chi connectivity index (χ2n) is 6.12. The van der Waals surface area contributed by atoms with Crippen LogP contribution >= 0.6 is 0 Å². The van der Waals surface area contributed by atoms with E-state index in [2.05, 4.69) is 0 Å². The van der Waals surface area contributed by atoms with E-state index in [9.17, 15) is 4.79 Å². The van der Waals surface area contributed by atoms with Gasteiger partial charge in [-0.05, 0) is 52.0 Å². The van der Waals surface area contributed by atoms with Gasteiger partial charge in [0.05, 0.1) is 0 Å². The molecule has 111 valence electrons. The molecule has 3 nitrogen and oxygen atoms in total. The molecule has 1 aromatic rings. The summed E-state index contributed by atoms with van der Waals surface area (Å²) < 4.78 is 5.51. The van der Waals surface area contributed by atoms with E-state index in [0.717, 1.165) is 11.5 Å². The Hall–Kier alpha value is -1.51. The van der Waals surface area contributed by atoms with Crippen LogP contribution in [-0.2, 0) is 11.3 Å². The van der Waals surface area contributed by atoms with E-state index in [-0.39, 0.29) is 6.09 Å². The smallest absolute Gasteiger partial charge is 0.410 e. The summed E-state index contributed by atoms with van der Waals surface area (Å²) in [5.74, 6) is 1.11. The van der Waals surface area contributed by atoms with Gasteiger partial charge in [0.25, 0.3) is 0 Å². The lowest BCUT2D eigenvalue weighted by atomic mass is 10.1. The molecule has 0 aromatic heterocycles. The van der Waals surface area contributed by atoms with E-state index in [1.54, 1.807) is 4.90 Å². The van der Waals surface area contributed by atoms with E-state index in [4.69, 9.17) is 4.74 Å². The van der Waals surface area contributed by atoms with Gasteiger partial charge in [0.1, 0.15) is 5.60 Å². The standard InChI is InChI=1S/C18H22NO2/c1-18(2,3)21-17(20)19(14-16-11-7-8-12-16)13-15-9-5-4-6-10-15/h4-12H,13-14H2,1-3H3. The fourth-order valence-electron chi connectivity index (χ4n) is 2.05. The van der Waals surface area contributed by atoms with Crippen molar-refractivity contribution in [3.05, 3.63) is 67.5 Å². The molecule has 0 N–H and O–H groups in total. The molecule has 0 aliphatic heterocycles. The third kappa shape index (κ3) is 5.41. The Morgan fingerprint density at radius 1 is 1.05 bits per heavy atom. The first-order chi connectivity index (χ1) is 9.94. The van der Waals surface area contributed by atoms with Crippen molar-refractivity contribution in [1.82, 2.24) is 4.90 Å². The van der Waals surface area contributed by atoms with Crippen LogP contribution in [0, 0.1) is 31.6 Å². The topological polar surface area (TPSA) is 29.5 Å². The van der Waals surface area contributed by atoms with Crippen LogP contribution < -0.4 is 0 Å². The fraction of sp³-hybridized carbons (Fsp3) is 0.333. The maximum Gasteiger partial charge on any atom is 0.410 e. The highest BCUT2D eigenvalue weighted by molar-refractivity contribution is 5.68. The van der Waals surface area contributed by atoms with E-state index in [1.807, 2.05) is 76.8 Å². The summed E-state index contributed by atoms with van der Waals surface area (Å²) in [5.41, 5.74) is 0.604. The highest BCUT2D eigenvalue weighted by atomic mass is 16.6. The van der Waals surface area contributed by atoms with Gasteiger partial charge in [-0.1, -0.05) is 30.3 Å². The highest BCUT2D eigenvalue weighted by Gasteiger charge is 2.26. The zero-order chi connectivity index (χ0) is 15.3. The first-order valence-electron chi connectivity index (χ1n) is 7.16. The zero-order valence-electron chi connectivity index (χ0n) is 12.9. The molecule has 0 atom stereocenters. The van der Waals surface area contributed by atoms with Crippen LogP contribution in [0.2, 0.25) is 0 Å². The first kappa shape index (κ1) is 15.9. The molecule has 0 spiro atoms. The summed E-state index contributed by atoms with van der Waals surface area (Å²) in [6, 6.07) is 9.96. The van der Waals surface area contributed by atoms with E-state index >= 15 is 0 Å². The third-order valence-electron chi connectivity index (χ3n) is 2.97. The van der Waals surface area contributed by atoms with Crippen molar-refractivity contribution in [2.24, 2.45) is 0 Å². The SMILES string of the molecule is CC(C)(C)OC(=O)N(C[C]1[CH][CH][CH][CH]1)Cc1ccccc1. The summed E-state index contributed by atoms with van der Waals surface area (Å²) in [7, 11) is 0. The molecular formula is C18H22NO2. The van der Waals surface area contributed by atoms with Crippen LogP contribution in [0.4, 0.5) is 4.79 Å². The summed E-state index contributed by atoms with van der Waals surface area (Å²) in [6.07, 6.45) is 7.70. The van der Waals surface area contributed by atoms with Gasteiger partial charge < -0.3 is 9.64 Å². The number of hydrogen-bond donors (Lipinski definition) is 0. The van der Waals surface area contributed by atoms with Gasteiger partial charge >= 0.3 is 6.09 Å². The molecule has 21 heavy (non-hydrogen) atoms. The van der Waals surface area contributed by atoms with E-state index in [1.165, 1.54) is 0 Å². The first-order valence-corrected chi connectivity index (χ1v) is 7.16. The molecule has 5 radical (unpaired) electrons. The number of carbonyl (C=O) groups excluding carboxylic acids is 1. The van der Waals surface area contributed by atoms with Crippen molar-refractivity contribution >= 4 is 6.09 Å². The van der Waals surface area contributed by atoms with Crippen molar-refractivity contribution in [3.63, 3.8) is 0 Å². The average molecular weight is 284 g/mol. The van der Waals surface area contributed by atoms with Crippen LogP contribution in [0.15, 0.2) is 30.3 Å². The van der Waals surface area contributed by atoms with Crippen LogP contribution in [0.3, 0.4) is 0 Å². The Kier molecular flexibility index (Phi) is 5.27. The number of carbonyl (C=O) groups is 1. The second-order valence-corrected chi connectivity index (χ2v) is 6.12. The molecule has 1 amide bonds. The molecule has 1 aliphatic carbocycles. The Balaban J connectivity index is 2.03. The minimum absolute atomic E-state index is 0.285. The predicted molar refractivity (Wildman–Crippen MR) is 83.5 cm³/mol. The van der Waals surface area contributed by atoms with Gasteiger partial charge in [-0.25, -0.2) is 4.79 Å². The lowest BCUT2D eigenvalue weighted by molar-refractivity contribution is 0.0245. The van der Waals surface area contributed by atoms with Gasteiger partial charge in [-0.2, -0.15) is 0 Å².